The average molecular weight is 401 g/mol. The van der Waals surface area contributed by atoms with Gasteiger partial charge in [-0.25, -0.2) is 4.79 Å². The summed E-state index contributed by atoms with van der Waals surface area (Å²) in [5, 5.41) is 6.43. The zero-order valence-corrected chi connectivity index (χ0v) is 17.4. The summed E-state index contributed by atoms with van der Waals surface area (Å²) < 4.78 is 10.3. The van der Waals surface area contributed by atoms with Crippen LogP contribution < -0.4 is 5.32 Å². The molecule has 29 heavy (non-hydrogen) atoms. The van der Waals surface area contributed by atoms with Crippen molar-refractivity contribution in [3.8, 4) is 0 Å². The molecule has 0 unspecified atom stereocenters. The van der Waals surface area contributed by atoms with Crippen LogP contribution in [0.5, 0.6) is 0 Å². The number of esters is 1. The number of aromatic nitrogens is 1. The second kappa shape index (κ2) is 9.86. The number of amides is 2. The molecular weight excluding hydrogens is 374 g/mol. The van der Waals surface area contributed by atoms with Crippen LogP contribution in [0.1, 0.15) is 65.8 Å². The van der Waals surface area contributed by atoms with Gasteiger partial charge in [-0.3, -0.25) is 9.59 Å². The fourth-order valence-corrected chi connectivity index (χ4v) is 2.82. The van der Waals surface area contributed by atoms with Gasteiger partial charge in [0.2, 0.25) is 0 Å². The van der Waals surface area contributed by atoms with E-state index >= 15 is 0 Å². The highest BCUT2D eigenvalue weighted by Crippen LogP contribution is 2.23. The van der Waals surface area contributed by atoms with E-state index in [1.807, 2.05) is 27.7 Å². The molecule has 0 saturated heterocycles. The van der Waals surface area contributed by atoms with Crippen molar-refractivity contribution in [2.45, 2.75) is 40.5 Å². The summed E-state index contributed by atoms with van der Waals surface area (Å²) in [5.41, 5.74) is 1.73. The van der Waals surface area contributed by atoms with E-state index in [0.717, 1.165) is 0 Å². The third-order valence-electron chi connectivity index (χ3n) is 4.42. The summed E-state index contributed by atoms with van der Waals surface area (Å²) in [5.74, 6) is -0.803. The largest absolute Gasteiger partial charge is 0.452 e. The molecule has 0 atom stereocenters. The molecule has 156 valence electrons. The number of carbonyl (C=O) groups excluding carboxylic acids is 3. The summed E-state index contributed by atoms with van der Waals surface area (Å²) in [6.45, 7) is 10.0. The van der Waals surface area contributed by atoms with Crippen molar-refractivity contribution in [2.24, 2.45) is 0 Å². The first-order chi connectivity index (χ1) is 13.8. The maximum Gasteiger partial charge on any atom is 0.344 e. The topological polar surface area (TPSA) is 102 Å². The van der Waals surface area contributed by atoms with Gasteiger partial charge in [-0.2, -0.15) is 0 Å². The van der Waals surface area contributed by atoms with Crippen LogP contribution in [-0.2, 0) is 9.53 Å². The number of benzene rings is 1. The molecule has 0 aliphatic carbocycles. The molecule has 1 aromatic carbocycles. The van der Waals surface area contributed by atoms with E-state index in [9.17, 15) is 14.4 Å². The molecular formula is C21H27N3O5. The molecule has 0 aliphatic heterocycles. The van der Waals surface area contributed by atoms with Gasteiger partial charge < -0.3 is 19.5 Å². The maximum absolute atomic E-state index is 12.3. The summed E-state index contributed by atoms with van der Waals surface area (Å²) in [6, 6.07) is 6.57. The van der Waals surface area contributed by atoms with E-state index in [2.05, 4.69) is 10.5 Å². The first-order valence-electron chi connectivity index (χ1n) is 9.60. The Morgan fingerprint density at radius 3 is 2.31 bits per heavy atom. The molecule has 2 rings (SSSR count). The molecule has 2 aromatic rings. The van der Waals surface area contributed by atoms with Gasteiger partial charge in [-0.05, 0) is 45.0 Å². The summed E-state index contributed by atoms with van der Waals surface area (Å²) in [6.07, 6.45) is 0. The van der Waals surface area contributed by atoms with Gasteiger partial charge in [-0.15, -0.1) is 0 Å². The van der Waals surface area contributed by atoms with E-state index in [4.69, 9.17) is 9.26 Å². The van der Waals surface area contributed by atoms with Gasteiger partial charge >= 0.3 is 5.97 Å². The number of hydrogen-bond donors (Lipinski definition) is 1. The lowest BCUT2D eigenvalue weighted by molar-refractivity contribution is -0.119. The standard InChI is InChI=1S/C21H27N3O5/c1-6-24(7-2)20(26)15-8-10-16(11-9-15)22-17(25)12-28-21(27)18-14(5)23-29-19(18)13(3)4/h8-11,13H,6-7,12H2,1-5H3,(H,22,25). The Kier molecular flexibility index (Phi) is 7.52. The van der Waals surface area contributed by atoms with Crippen molar-refractivity contribution in [1.82, 2.24) is 10.1 Å². The second-order valence-corrected chi connectivity index (χ2v) is 6.84. The van der Waals surface area contributed by atoms with Crippen LogP contribution in [0.4, 0.5) is 5.69 Å². The van der Waals surface area contributed by atoms with Crippen LogP contribution >= 0.6 is 0 Å². The fourth-order valence-electron chi connectivity index (χ4n) is 2.82. The predicted molar refractivity (Wildman–Crippen MR) is 108 cm³/mol. The monoisotopic (exact) mass is 401 g/mol. The number of aryl methyl sites for hydroxylation is 1. The Hall–Kier alpha value is -3.16. The van der Waals surface area contributed by atoms with E-state index in [1.54, 1.807) is 36.1 Å². The first-order valence-corrected chi connectivity index (χ1v) is 9.60. The molecule has 0 radical (unpaired) electrons. The quantitative estimate of drug-likeness (QED) is 0.681. The average Bonchev–Trinajstić information content (AvgIpc) is 3.09. The van der Waals surface area contributed by atoms with E-state index < -0.39 is 18.5 Å². The zero-order valence-electron chi connectivity index (χ0n) is 17.4. The SMILES string of the molecule is CCN(CC)C(=O)c1ccc(NC(=O)COC(=O)c2c(C)noc2C(C)C)cc1. The molecule has 1 N–H and O–H groups in total. The highest BCUT2D eigenvalue weighted by atomic mass is 16.5. The molecule has 0 fully saturated rings. The van der Waals surface area contributed by atoms with Crippen molar-refractivity contribution in [1.29, 1.82) is 0 Å². The normalized spacial score (nSPS) is 10.7. The molecule has 8 nitrogen and oxygen atoms in total. The first kappa shape index (κ1) is 22.1. The number of carbonyl (C=O) groups is 3. The number of ether oxygens (including phenoxy) is 1. The van der Waals surface area contributed by atoms with Gasteiger partial charge in [0, 0.05) is 30.3 Å². The van der Waals surface area contributed by atoms with Crippen LogP contribution in [-0.4, -0.2) is 47.5 Å². The summed E-state index contributed by atoms with van der Waals surface area (Å²) in [7, 11) is 0. The highest BCUT2D eigenvalue weighted by molar-refractivity contribution is 5.97. The predicted octanol–water partition coefficient (Wildman–Crippen LogP) is 3.38. The Balaban J connectivity index is 1.94. The molecule has 0 saturated carbocycles. The van der Waals surface area contributed by atoms with Crippen molar-refractivity contribution < 1.29 is 23.6 Å². The summed E-state index contributed by atoms with van der Waals surface area (Å²) >= 11 is 0. The minimum atomic E-state index is -0.650. The lowest BCUT2D eigenvalue weighted by Crippen LogP contribution is -2.30. The van der Waals surface area contributed by atoms with Gasteiger partial charge in [0.05, 0.1) is 5.69 Å². The number of nitrogens with one attached hydrogen (secondary N) is 1. The van der Waals surface area contributed by atoms with Gasteiger partial charge in [0.1, 0.15) is 5.56 Å². The van der Waals surface area contributed by atoms with Crippen LogP contribution in [0.3, 0.4) is 0 Å². The van der Waals surface area contributed by atoms with Crippen LogP contribution in [0.2, 0.25) is 0 Å². The number of hydrogen-bond acceptors (Lipinski definition) is 6. The maximum atomic E-state index is 12.3. The number of rotatable bonds is 8. The van der Waals surface area contributed by atoms with E-state index in [-0.39, 0.29) is 17.4 Å². The molecule has 0 aliphatic rings. The smallest absolute Gasteiger partial charge is 0.344 e. The fraction of sp³-hybridized carbons (Fsp3) is 0.429. The molecule has 0 spiro atoms. The minimum absolute atomic E-state index is 0.0369. The number of nitrogens with zero attached hydrogens (tertiary/aromatic N) is 2. The van der Waals surface area contributed by atoms with Gasteiger partial charge in [0.15, 0.2) is 12.4 Å². The summed E-state index contributed by atoms with van der Waals surface area (Å²) in [4.78, 5) is 38.4. The molecule has 1 aromatic heterocycles. The van der Waals surface area contributed by atoms with Crippen molar-refractivity contribution in [3.05, 3.63) is 46.8 Å². The number of anilines is 1. The van der Waals surface area contributed by atoms with Crippen molar-refractivity contribution in [3.63, 3.8) is 0 Å². The molecule has 0 bridgehead atoms. The Bertz CT molecular complexity index is 867. The minimum Gasteiger partial charge on any atom is -0.452 e. The van der Waals surface area contributed by atoms with Crippen molar-refractivity contribution in [2.75, 3.05) is 25.0 Å². The molecule has 8 heteroatoms. The third kappa shape index (κ3) is 5.43. The van der Waals surface area contributed by atoms with E-state index in [0.29, 0.717) is 35.8 Å². The Labute approximate surface area is 170 Å². The Morgan fingerprint density at radius 2 is 1.76 bits per heavy atom. The van der Waals surface area contributed by atoms with Gasteiger partial charge in [-0.1, -0.05) is 19.0 Å². The third-order valence-corrected chi connectivity index (χ3v) is 4.42. The Morgan fingerprint density at radius 1 is 1.14 bits per heavy atom. The molecule has 2 amide bonds. The second-order valence-electron chi connectivity index (χ2n) is 6.84. The van der Waals surface area contributed by atoms with E-state index in [1.165, 1.54) is 0 Å². The lowest BCUT2D eigenvalue weighted by Gasteiger charge is -2.18. The van der Waals surface area contributed by atoms with Crippen molar-refractivity contribution >= 4 is 23.5 Å². The molecule has 1 heterocycles. The lowest BCUT2D eigenvalue weighted by atomic mass is 10.1. The zero-order chi connectivity index (χ0) is 21.6. The highest BCUT2D eigenvalue weighted by Gasteiger charge is 2.24. The van der Waals surface area contributed by atoms with Crippen LogP contribution in [0, 0.1) is 6.92 Å². The van der Waals surface area contributed by atoms with Crippen LogP contribution in [0.15, 0.2) is 28.8 Å². The van der Waals surface area contributed by atoms with Gasteiger partial charge in [0.25, 0.3) is 11.8 Å². The van der Waals surface area contributed by atoms with Crippen LogP contribution in [0.25, 0.3) is 0 Å².